The van der Waals surface area contributed by atoms with E-state index in [0.717, 1.165) is 0 Å². The fraction of sp³-hybridized carbons (Fsp3) is 0.875. The summed E-state index contributed by atoms with van der Waals surface area (Å²) in [6.07, 6.45) is -0.207. The molecule has 1 N–H and O–H groups in total. The first-order chi connectivity index (χ1) is 4.88. The van der Waals surface area contributed by atoms with Crippen molar-refractivity contribution < 1.29 is 9.53 Å². The summed E-state index contributed by atoms with van der Waals surface area (Å²) < 4.78 is 5.01. The highest BCUT2D eigenvalue weighted by Gasteiger charge is 2.24. The van der Waals surface area contributed by atoms with Gasteiger partial charge in [0.1, 0.15) is 6.23 Å². The van der Waals surface area contributed by atoms with Gasteiger partial charge in [-0.3, -0.25) is 10.1 Å². The molecule has 0 aromatic heterocycles. The van der Waals surface area contributed by atoms with E-state index >= 15 is 0 Å². The quantitative estimate of drug-likeness (QED) is 0.485. The standard InChI is InChI=1S/C8H17NO2/c1-6(9-5)11-7(10)8(2,3)4/h6,9H,1-5H3. The summed E-state index contributed by atoms with van der Waals surface area (Å²) in [6.45, 7) is 7.29. The Bertz CT molecular complexity index is 138. The normalized spacial score (nSPS) is 14.3. The second kappa shape index (κ2) is 3.72. The molecule has 0 amide bonds. The van der Waals surface area contributed by atoms with Crippen molar-refractivity contribution in [2.75, 3.05) is 7.05 Å². The summed E-state index contributed by atoms with van der Waals surface area (Å²) in [7, 11) is 1.75. The summed E-state index contributed by atoms with van der Waals surface area (Å²) in [4.78, 5) is 11.2. The molecule has 0 bridgehead atoms. The van der Waals surface area contributed by atoms with E-state index in [1.54, 1.807) is 14.0 Å². The molecule has 0 aliphatic carbocycles. The van der Waals surface area contributed by atoms with Gasteiger partial charge in [0, 0.05) is 0 Å². The molecule has 0 fully saturated rings. The molecule has 0 saturated carbocycles. The molecule has 0 aliphatic heterocycles. The number of carbonyl (C=O) groups excluding carboxylic acids is 1. The Morgan fingerprint density at radius 3 is 2.18 bits per heavy atom. The van der Waals surface area contributed by atoms with E-state index in [2.05, 4.69) is 5.32 Å². The number of ether oxygens (including phenoxy) is 1. The van der Waals surface area contributed by atoms with Crippen LogP contribution in [0.25, 0.3) is 0 Å². The molecule has 0 heterocycles. The maximum Gasteiger partial charge on any atom is 0.312 e. The van der Waals surface area contributed by atoms with Crippen molar-refractivity contribution in [3.05, 3.63) is 0 Å². The van der Waals surface area contributed by atoms with Gasteiger partial charge in [0.25, 0.3) is 0 Å². The van der Waals surface area contributed by atoms with E-state index in [1.165, 1.54) is 0 Å². The number of esters is 1. The topological polar surface area (TPSA) is 38.3 Å². The van der Waals surface area contributed by atoms with Crippen LogP contribution in [0.5, 0.6) is 0 Å². The maximum atomic E-state index is 11.2. The fourth-order valence-corrected chi connectivity index (χ4v) is 0.396. The Morgan fingerprint density at radius 2 is 1.91 bits per heavy atom. The van der Waals surface area contributed by atoms with Crippen LogP contribution in [0.3, 0.4) is 0 Å². The first kappa shape index (κ1) is 10.4. The Hall–Kier alpha value is -0.570. The van der Waals surface area contributed by atoms with Crippen LogP contribution in [-0.4, -0.2) is 19.2 Å². The summed E-state index contributed by atoms with van der Waals surface area (Å²) in [5.41, 5.74) is -0.412. The molecule has 0 spiro atoms. The first-order valence-electron chi connectivity index (χ1n) is 3.76. The lowest BCUT2D eigenvalue weighted by molar-refractivity contribution is -0.158. The van der Waals surface area contributed by atoms with Gasteiger partial charge in [-0.2, -0.15) is 0 Å². The molecule has 0 aliphatic rings. The van der Waals surface area contributed by atoms with E-state index < -0.39 is 5.41 Å². The average Bonchev–Trinajstić information content (AvgIpc) is 1.85. The highest BCUT2D eigenvalue weighted by molar-refractivity contribution is 5.75. The lowest BCUT2D eigenvalue weighted by atomic mass is 9.97. The summed E-state index contributed by atoms with van der Waals surface area (Å²) in [5.74, 6) is -0.181. The fourth-order valence-electron chi connectivity index (χ4n) is 0.396. The molecular weight excluding hydrogens is 142 g/mol. The van der Waals surface area contributed by atoms with Crippen LogP contribution in [0.2, 0.25) is 0 Å². The SMILES string of the molecule is CNC(C)OC(=O)C(C)(C)C. The number of nitrogens with one attached hydrogen (secondary N) is 1. The summed E-state index contributed by atoms with van der Waals surface area (Å²) >= 11 is 0. The number of carbonyl (C=O) groups is 1. The van der Waals surface area contributed by atoms with Gasteiger partial charge in [0.2, 0.25) is 0 Å². The predicted octanol–water partition coefficient (Wildman–Crippen LogP) is 1.14. The number of rotatable bonds is 2. The Balaban J connectivity index is 3.88. The van der Waals surface area contributed by atoms with Gasteiger partial charge in [0.15, 0.2) is 0 Å². The second-order valence-corrected chi connectivity index (χ2v) is 3.59. The van der Waals surface area contributed by atoms with Crippen LogP contribution in [0, 0.1) is 5.41 Å². The van der Waals surface area contributed by atoms with Crippen molar-refractivity contribution in [1.29, 1.82) is 0 Å². The Labute approximate surface area is 68.1 Å². The van der Waals surface area contributed by atoms with Crippen LogP contribution >= 0.6 is 0 Å². The van der Waals surface area contributed by atoms with E-state index in [1.807, 2.05) is 20.8 Å². The van der Waals surface area contributed by atoms with Crippen LogP contribution in [0.4, 0.5) is 0 Å². The minimum Gasteiger partial charge on any atom is -0.446 e. The van der Waals surface area contributed by atoms with Gasteiger partial charge in [-0.15, -0.1) is 0 Å². The van der Waals surface area contributed by atoms with E-state index in [4.69, 9.17) is 4.74 Å². The molecule has 0 aromatic rings. The van der Waals surface area contributed by atoms with Crippen molar-refractivity contribution in [2.45, 2.75) is 33.9 Å². The lowest BCUT2D eigenvalue weighted by Gasteiger charge is -2.20. The molecule has 0 saturated heterocycles. The van der Waals surface area contributed by atoms with Gasteiger partial charge < -0.3 is 4.74 Å². The first-order valence-corrected chi connectivity index (χ1v) is 3.76. The molecule has 0 aromatic carbocycles. The van der Waals surface area contributed by atoms with Gasteiger partial charge in [-0.05, 0) is 34.7 Å². The summed E-state index contributed by atoms with van der Waals surface area (Å²) in [6, 6.07) is 0. The zero-order valence-electron chi connectivity index (χ0n) is 7.89. The van der Waals surface area contributed by atoms with Crippen molar-refractivity contribution in [3.63, 3.8) is 0 Å². The van der Waals surface area contributed by atoms with Crippen molar-refractivity contribution in [3.8, 4) is 0 Å². The Kier molecular flexibility index (Phi) is 3.52. The van der Waals surface area contributed by atoms with Crippen LogP contribution in [0.1, 0.15) is 27.7 Å². The predicted molar refractivity (Wildman–Crippen MR) is 44.1 cm³/mol. The lowest BCUT2D eigenvalue weighted by Crippen LogP contribution is -2.33. The smallest absolute Gasteiger partial charge is 0.312 e. The third-order valence-electron chi connectivity index (χ3n) is 1.30. The van der Waals surface area contributed by atoms with E-state index in [-0.39, 0.29) is 12.2 Å². The molecule has 0 radical (unpaired) electrons. The highest BCUT2D eigenvalue weighted by Crippen LogP contribution is 2.15. The summed E-state index contributed by atoms with van der Waals surface area (Å²) in [5, 5.41) is 2.82. The molecule has 11 heavy (non-hydrogen) atoms. The average molecular weight is 159 g/mol. The highest BCUT2D eigenvalue weighted by atomic mass is 16.6. The van der Waals surface area contributed by atoms with Gasteiger partial charge in [0.05, 0.1) is 5.41 Å². The third kappa shape index (κ3) is 3.98. The number of hydrogen-bond acceptors (Lipinski definition) is 3. The molecule has 1 atom stereocenters. The zero-order chi connectivity index (χ0) is 9.07. The van der Waals surface area contributed by atoms with Crippen LogP contribution < -0.4 is 5.32 Å². The third-order valence-corrected chi connectivity index (χ3v) is 1.30. The van der Waals surface area contributed by atoms with Crippen LogP contribution in [-0.2, 0) is 9.53 Å². The van der Waals surface area contributed by atoms with E-state index in [0.29, 0.717) is 0 Å². The molecule has 1 unspecified atom stereocenters. The van der Waals surface area contributed by atoms with Crippen LogP contribution in [0.15, 0.2) is 0 Å². The van der Waals surface area contributed by atoms with Crippen molar-refractivity contribution >= 4 is 5.97 Å². The largest absolute Gasteiger partial charge is 0.446 e. The molecular formula is C8H17NO2. The minimum atomic E-state index is -0.412. The zero-order valence-corrected chi connectivity index (χ0v) is 7.89. The Morgan fingerprint density at radius 1 is 1.45 bits per heavy atom. The molecule has 66 valence electrons. The maximum absolute atomic E-state index is 11.2. The molecule has 3 nitrogen and oxygen atoms in total. The monoisotopic (exact) mass is 159 g/mol. The minimum absolute atomic E-state index is 0.181. The van der Waals surface area contributed by atoms with Crippen molar-refractivity contribution in [2.24, 2.45) is 5.41 Å². The van der Waals surface area contributed by atoms with Gasteiger partial charge in [-0.25, -0.2) is 0 Å². The molecule has 3 heteroatoms. The van der Waals surface area contributed by atoms with E-state index in [9.17, 15) is 4.79 Å². The second-order valence-electron chi connectivity index (χ2n) is 3.59. The molecule has 0 rings (SSSR count). The number of hydrogen-bond donors (Lipinski definition) is 1. The van der Waals surface area contributed by atoms with Gasteiger partial charge >= 0.3 is 5.97 Å². The van der Waals surface area contributed by atoms with Crippen molar-refractivity contribution in [1.82, 2.24) is 5.32 Å². The van der Waals surface area contributed by atoms with Gasteiger partial charge in [-0.1, -0.05) is 0 Å².